The van der Waals surface area contributed by atoms with Crippen molar-refractivity contribution in [2.24, 2.45) is 5.92 Å². The standard InChI is InChI=1S/C41H44N4O5/c1-28-24-45(29(2)27-46)40(47)23-32-22-33(42-41(48)43-37-15-9-11-31-10-7-8-14-36(31)37)18-21-38(32)50-39(28)26-44(3)25-30-16-19-35(20-17-30)49-34-12-5-4-6-13-34/h4-22,28-29,39,46H,23-27H2,1-3H3,(H2,42,43,48)/t28-,29+,39+/m0/s1. The van der Waals surface area contributed by atoms with Gasteiger partial charge in [-0.05, 0) is 73.5 Å². The molecule has 0 fully saturated rings. The van der Waals surface area contributed by atoms with Crippen molar-refractivity contribution in [1.82, 2.24) is 9.80 Å². The van der Waals surface area contributed by atoms with Gasteiger partial charge in [0.2, 0.25) is 5.91 Å². The number of nitrogens with zero attached hydrogens (tertiary/aromatic N) is 2. The first-order valence-corrected chi connectivity index (χ1v) is 17.0. The first-order chi connectivity index (χ1) is 24.2. The number of para-hydroxylation sites is 1. The number of hydrogen-bond acceptors (Lipinski definition) is 6. The Labute approximate surface area is 293 Å². The molecule has 0 bridgehead atoms. The van der Waals surface area contributed by atoms with E-state index in [1.807, 2.05) is 97.9 Å². The minimum Gasteiger partial charge on any atom is -0.488 e. The number of ether oxygens (including phenoxy) is 2. The SMILES string of the molecule is C[C@H](CO)N1C[C@H](C)[C@@H](CN(C)Cc2ccc(Oc3ccccc3)cc2)Oc2ccc(NC(=O)Nc3cccc4ccccc34)cc2CC1=O. The van der Waals surface area contributed by atoms with E-state index in [9.17, 15) is 14.7 Å². The molecule has 258 valence electrons. The van der Waals surface area contributed by atoms with Gasteiger partial charge in [-0.3, -0.25) is 9.69 Å². The number of rotatable bonds is 10. The summed E-state index contributed by atoms with van der Waals surface area (Å²) in [5.74, 6) is 2.03. The molecule has 1 heterocycles. The van der Waals surface area contributed by atoms with Gasteiger partial charge in [0.15, 0.2) is 0 Å². The molecule has 50 heavy (non-hydrogen) atoms. The molecule has 5 aromatic carbocycles. The summed E-state index contributed by atoms with van der Waals surface area (Å²) >= 11 is 0. The van der Waals surface area contributed by atoms with Gasteiger partial charge in [0.1, 0.15) is 23.4 Å². The van der Waals surface area contributed by atoms with E-state index in [0.29, 0.717) is 42.3 Å². The molecule has 9 heteroatoms. The van der Waals surface area contributed by atoms with Gasteiger partial charge in [-0.1, -0.05) is 73.7 Å². The van der Waals surface area contributed by atoms with Gasteiger partial charge in [-0.15, -0.1) is 0 Å². The number of anilines is 2. The number of carbonyl (C=O) groups excluding carboxylic acids is 2. The number of amides is 3. The molecule has 0 radical (unpaired) electrons. The maximum absolute atomic E-state index is 13.7. The molecule has 0 spiro atoms. The number of likely N-dealkylation sites (N-methyl/N-ethyl adjacent to an activating group) is 1. The summed E-state index contributed by atoms with van der Waals surface area (Å²) in [6.45, 7) is 5.53. The zero-order valence-electron chi connectivity index (χ0n) is 28.7. The lowest BCUT2D eigenvalue weighted by atomic mass is 10.0. The van der Waals surface area contributed by atoms with Crippen LogP contribution in [-0.4, -0.2) is 65.7 Å². The van der Waals surface area contributed by atoms with Crippen molar-refractivity contribution in [3.63, 3.8) is 0 Å². The van der Waals surface area contributed by atoms with Crippen molar-refractivity contribution >= 4 is 34.1 Å². The van der Waals surface area contributed by atoms with E-state index >= 15 is 0 Å². The smallest absolute Gasteiger partial charge is 0.323 e. The number of carbonyl (C=O) groups is 2. The molecule has 6 rings (SSSR count). The molecular weight excluding hydrogens is 628 g/mol. The van der Waals surface area contributed by atoms with Gasteiger partial charge in [-0.25, -0.2) is 4.79 Å². The van der Waals surface area contributed by atoms with Gasteiger partial charge in [0.25, 0.3) is 0 Å². The summed E-state index contributed by atoms with van der Waals surface area (Å²) in [7, 11) is 2.05. The van der Waals surface area contributed by atoms with E-state index in [1.54, 1.807) is 17.0 Å². The summed E-state index contributed by atoms with van der Waals surface area (Å²) in [6, 6.07) is 36.1. The van der Waals surface area contributed by atoms with Crippen molar-refractivity contribution < 1.29 is 24.2 Å². The highest BCUT2D eigenvalue weighted by Gasteiger charge is 2.31. The Morgan fingerprint density at radius 1 is 0.940 bits per heavy atom. The van der Waals surface area contributed by atoms with Gasteiger partial charge in [-0.2, -0.15) is 0 Å². The van der Waals surface area contributed by atoms with Crippen LogP contribution in [0.1, 0.15) is 25.0 Å². The first kappa shape index (κ1) is 34.5. The Morgan fingerprint density at radius 3 is 2.44 bits per heavy atom. The average molecular weight is 673 g/mol. The molecule has 3 atom stereocenters. The lowest BCUT2D eigenvalue weighted by Crippen LogP contribution is -2.47. The summed E-state index contributed by atoms with van der Waals surface area (Å²) in [5, 5.41) is 17.9. The first-order valence-electron chi connectivity index (χ1n) is 17.0. The molecule has 5 aromatic rings. The summed E-state index contributed by atoms with van der Waals surface area (Å²) < 4.78 is 12.7. The second kappa shape index (κ2) is 15.9. The molecule has 3 amide bonds. The molecule has 3 N–H and O–H groups in total. The molecule has 9 nitrogen and oxygen atoms in total. The Hall–Kier alpha value is -5.38. The van der Waals surface area contributed by atoms with Crippen LogP contribution in [0.5, 0.6) is 17.2 Å². The third kappa shape index (κ3) is 8.61. The number of urea groups is 1. The quantitative estimate of drug-likeness (QED) is 0.142. The van der Waals surface area contributed by atoms with Crippen molar-refractivity contribution in [1.29, 1.82) is 0 Å². The van der Waals surface area contributed by atoms with E-state index < -0.39 is 0 Å². The van der Waals surface area contributed by atoms with Crippen LogP contribution in [0.2, 0.25) is 0 Å². The largest absolute Gasteiger partial charge is 0.488 e. The zero-order chi connectivity index (χ0) is 35.0. The summed E-state index contributed by atoms with van der Waals surface area (Å²) in [6.07, 6.45) is -0.181. The van der Waals surface area contributed by atoms with Crippen LogP contribution in [0.3, 0.4) is 0 Å². The zero-order valence-corrected chi connectivity index (χ0v) is 28.7. The van der Waals surface area contributed by atoms with Crippen LogP contribution in [-0.2, 0) is 17.8 Å². The van der Waals surface area contributed by atoms with E-state index in [4.69, 9.17) is 9.47 Å². The van der Waals surface area contributed by atoms with Crippen LogP contribution in [0, 0.1) is 5.92 Å². The maximum Gasteiger partial charge on any atom is 0.323 e. The molecular formula is C41H44N4O5. The van der Waals surface area contributed by atoms with E-state index in [0.717, 1.165) is 27.8 Å². The Morgan fingerprint density at radius 2 is 1.66 bits per heavy atom. The number of hydrogen-bond donors (Lipinski definition) is 3. The van der Waals surface area contributed by atoms with Crippen LogP contribution < -0.4 is 20.1 Å². The predicted molar refractivity (Wildman–Crippen MR) is 198 cm³/mol. The Balaban J connectivity index is 1.17. The molecule has 0 aromatic heterocycles. The van der Waals surface area contributed by atoms with E-state index in [1.165, 1.54) is 0 Å². The highest BCUT2D eigenvalue weighted by molar-refractivity contribution is 6.06. The van der Waals surface area contributed by atoms with Gasteiger partial charge in [0.05, 0.1) is 24.8 Å². The lowest BCUT2D eigenvalue weighted by molar-refractivity contribution is -0.134. The van der Waals surface area contributed by atoms with Crippen LogP contribution in [0.4, 0.5) is 16.2 Å². The molecule has 0 aliphatic carbocycles. The molecule has 0 saturated carbocycles. The fourth-order valence-electron chi connectivity index (χ4n) is 6.32. The van der Waals surface area contributed by atoms with Crippen molar-refractivity contribution in [3.8, 4) is 17.2 Å². The van der Waals surface area contributed by atoms with E-state index in [2.05, 4.69) is 41.6 Å². The fourth-order valence-corrected chi connectivity index (χ4v) is 6.32. The summed E-state index contributed by atoms with van der Waals surface area (Å²) in [5.41, 5.74) is 3.05. The lowest BCUT2D eigenvalue weighted by Gasteiger charge is -2.34. The minimum absolute atomic E-state index is 0.0349. The summed E-state index contributed by atoms with van der Waals surface area (Å²) in [4.78, 5) is 30.7. The average Bonchev–Trinajstić information content (AvgIpc) is 3.16. The van der Waals surface area contributed by atoms with Gasteiger partial charge < -0.3 is 30.1 Å². The number of benzene rings is 5. The predicted octanol–water partition coefficient (Wildman–Crippen LogP) is 7.56. The third-order valence-corrected chi connectivity index (χ3v) is 9.06. The molecule has 1 aliphatic rings. The Bertz CT molecular complexity index is 1910. The van der Waals surface area contributed by atoms with E-state index in [-0.39, 0.29) is 43.0 Å². The third-order valence-electron chi connectivity index (χ3n) is 9.06. The molecule has 0 saturated heterocycles. The normalized spacial score (nSPS) is 16.8. The Kier molecular flexibility index (Phi) is 11.0. The highest BCUT2D eigenvalue weighted by atomic mass is 16.5. The van der Waals surface area contributed by atoms with Crippen molar-refractivity contribution in [3.05, 3.63) is 126 Å². The van der Waals surface area contributed by atoms with Crippen LogP contribution in [0.25, 0.3) is 10.8 Å². The number of aliphatic hydroxyl groups is 1. The second-order valence-electron chi connectivity index (χ2n) is 13.1. The monoisotopic (exact) mass is 672 g/mol. The molecule has 0 unspecified atom stereocenters. The number of nitrogens with one attached hydrogen (secondary N) is 2. The van der Waals surface area contributed by atoms with Crippen molar-refractivity contribution in [2.75, 3.05) is 37.4 Å². The topological polar surface area (TPSA) is 103 Å². The number of aliphatic hydroxyl groups excluding tert-OH is 1. The fraction of sp³-hybridized carbons (Fsp3) is 0.268. The van der Waals surface area contributed by atoms with Gasteiger partial charge >= 0.3 is 6.03 Å². The second-order valence-corrected chi connectivity index (χ2v) is 13.1. The number of fused-ring (bicyclic) bond motifs is 2. The maximum atomic E-state index is 13.7. The van der Waals surface area contributed by atoms with Crippen LogP contribution in [0.15, 0.2) is 115 Å². The van der Waals surface area contributed by atoms with Crippen molar-refractivity contribution in [2.45, 2.75) is 39.0 Å². The van der Waals surface area contributed by atoms with Gasteiger partial charge in [0, 0.05) is 42.2 Å². The van der Waals surface area contributed by atoms with Crippen LogP contribution >= 0.6 is 0 Å². The minimum atomic E-state index is -0.389. The highest BCUT2D eigenvalue weighted by Crippen LogP contribution is 2.30. The molecule has 1 aliphatic heterocycles.